The molecule has 0 N–H and O–H groups in total. The molecule has 8 heteroatoms. The van der Waals surface area contributed by atoms with Gasteiger partial charge in [-0.1, -0.05) is 84.5 Å². The second-order valence-corrected chi connectivity index (χ2v) is 6.31. The molecular formula is C16H14Cl4O4. The van der Waals surface area contributed by atoms with Crippen molar-refractivity contribution in [2.45, 2.75) is 26.7 Å². The lowest BCUT2D eigenvalue weighted by atomic mass is 10.1. The van der Waals surface area contributed by atoms with Gasteiger partial charge in [-0.05, 0) is 0 Å². The van der Waals surface area contributed by atoms with E-state index in [1.807, 2.05) is 0 Å². The molecule has 0 radical (unpaired) electrons. The number of ether oxygens (including phenoxy) is 2. The van der Waals surface area contributed by atoms with Crippen LogP contribution in [0.3, 0.4) is 0 Å². The van der Waals surface area contributed by atoms with Crippen molar-refractivity contribution < 1.29 is 19.1 Å². The number of hydrogen-bond acceptors (Lipinski definition) is 4. The summed E-state index contributed by atoms with van der Waals surface area (Å²) in [5.74, 6) is -0.891. The molecule has 1 rings (SSSR count). The van der Waals surface area contributed by atoms with Gasteiger partial charge in [-0.3, -0.25) is 9.59 Å². The number of benzene rings is 1. The summed E-state index contributed by atoms with van der Waals surface area (Å²) in [6, 6.07) is 6.31. The van der Waals surface area contributed by atoms with Gasteiger partial charge in [0.2, 0.25) is 0 Å². The maximum atomic E-state index is 11.4. The summed E-state index contributed by atoms with van der Waals surface area (Å²) in [4.78, 5) is 22.9. The Bertz CT molecular complexity index is 611. The van der Waals surface area contributed by atoms with Crippen LogP contribution in [0.1, 0.15) is 37.8 Å². The minimum absolute atomic E-state index is 0.0322. The molecule has 0 atom stereocenters. The van der Waals surface area contributed by atoms with Crippen LogP contribution in [0.4, 0.5) is 0 Å². The van der Waals surface area contributed by atoms with Gasteiger partial charge in [-0.2, -0.15) is 0 Å². The Balaban J connectivity index is 3.14. The predicted molar refractivity (Wildman–Crippen MR) is 96.5 cm³/mol. The minimum Gasteiger partial charge on any atom is -0.423 e. The summed E-state index contributed by atoms with van der Waals surface area (Å²) in [6.45, 7) is 3.29. The van der Waals surface area contributed by atoms with E-state index in [0.29, 0.717) is 11.1 Å². The van der Waals surface area contributed by atoms with Crippen molar-refractivity contribution in [2.75, 3.05) is 0 Å². The number of halogens is 4. The van der Waals surface area contributed by atoms with Crippen LogP contribution < -0.4 is 0 Å². The zero-order chi connectivity index (χ0) is 18.3. The van der Waals surface area contributed by atoms with Gasteiger partial charge in [0.15, 0.2) is 11.5 Å². The van der Waals surface area contributed by atoms with Crippen LogP contribution in [-0.4, -0.2) is 11.9 Å². The van der Waals surface area contributed by atoms with E-state index >= 15 is 0 Å². The lowest BCUT2D eigenvalue weighted by molar-refractivity contribution is -0.137. The Hall–Kier alpha value is -1.20. The smallest absolute Gasteiger partial charge is 0.310 e. The molecule has 0 saturated heterocycles. The molecule has 0 heterocycles. The fourth-order valence-electron chi connectivity index (χ4n) is 1.56. The Kier molecular flexibility index (Phi) is 8.63. The first-order valence-corrected chi connectivity index (χ1v) is 8.44. The molecule has 0 aromatic heterocycles. The van der Waals surface area contributed by atoms with Crippen LogP contribution in [-0.2, 0) is 19.1 Å². The van der Waals surface area contributed by atoms with Crippen molar-refractivity contribution in [3.05, 3.63) is 44.4 Å². The van der Waals surface area contributed by atoms with Gasteiger partial charge in [0, 0.05) is 24.0 Å². The molecule has 0 aliphatic heterocycles. The van der Waals surface area contributed by atoms with Crippen LogP contribution in [0.2, 0.25) is 0 Å². The summed E-state index contributed by atoms with van der Waals surface area (Å²) >= 11 is 23.1. The lowest BCUT2D eigenvalue weighted by Gasteiger charge is -2.11. The average molecular weight is 412 g/mol. The fraction of sp³-hybridized carbons (Fsp3) is 0.250. The number of hydrogen-bond donors (Lipinski definition) is 0. The average Bonchev–Trinajstić information content (AvgIpc) is 2.56. The molecule has 130 valence electrons. The van der Waals surface area contributed by atoms with Crippen LogP contribution in [0.5, 0.6) is 0 Å². The highest BCUT2D eigenvalue weighted by molar-refractivity contribution is 6.58. The topological polar surface area (TPSA) is 52.6 Å². The van der Waals surface area contributed by atoms with Crippen LogP contribution >= 0.6 is 46.4 Å². The van der Waals surface area contributed by atoms with E-state index in [1.165, 1.54) is 0 Å². The molecule has 4 nitrogen and oxygen atoms in total. The Labute approximate surface area is 159 Å². The Morgan fingerprint density at radius 2 is 1.04 bits per heavy atom. The van der Waals surface area contributed by atoms with Gasteiger partial charge in [0.1, 0.15) is 8.98 Å². The molecule has 1 aromatic carbocycles. The Morgan fingerprint density at radius 1 is 0.750 bits per heavy atom. The first kappa shape index (κ1) is 20.8. The predicted octanol–water partition coefficient (Wildman–Crippen LogP) is 5.80. The molecule has 0 aliphatic rings. The van der Waals surface area contributed by atoms with Crippen LogP contribution in [0.25, 0.3) is 11.5 Å². The SMILES string of the molecule is CCC(=O)OC(=C(Cl)Cl)c1ccc(C(OC(=O)CC)=C(Cl)Cl)cc1. The van der Waals surface area contributed by atoms with Gasteiger partial charge in [0.05, 0.1) is 0 Å². The molecule has 0 unspecified atom stereocenters. The van der Waals surface area contributed by atoms with Gasteiger partial charge >= 0.3 is 11.9 Å². The van der Waals surface area contributed by atoms with E-state index in [-0.39, 0.29) is 33.3 Å². The number of carbonyl (C=O) groups excluding carboxylic acids is 2. The van der Waals surface area contributed by atoms with Crippen molar-refractivity contribution in [1.29, 1.82) is 0 Å². The molecule has 0 amide bonds. The van der Waals surface area contributed by atoms with Crippen LogP contribution in [0.15, 0.2) is 33.2 Å². The second kappa shape index (κ2) is 9.94. The van der Waals surface area contributed by atoms with Gasteiger partial charge in [-0.25, -0.2) is 0 Å². The number of esters is 2. The second-order valence-electron chi connectivity index (χ2n) is 4.41. The molecular weight excluding hydrogens is 398 g/mol. The fourth-order valence-corrected chi connectivity index (χ4v) is 2.15. The number of rotatable bonds is 6. The van der Waals surface area contributed by atoms with Crippen LogP contribution in [0, 0.1) is 0 Å². The summed E-state index contributed by atoms with van der Waals surface area (Å²) in [5.41, 5.74) is 0.930. The first-order valence-electron chi connectivity index (χ1n) is 6.92. The van der Waals surface area contributed by atoms with E-state index in [2.05, 4.69) is 0 Å². The van der Waals surface area contributed by atoms with Gasteiger partial charge in [0.25, 0.3) is 0 Å². The maximum Gasteiger partial charge on any atom is 0.310 e. The molecule has 1 aromatic rings. The van der Waals surface area contributed by atoms with Crippen molar-refractivity contribution in [3.8, 4) is 0 Å². The third-order valence-corrected chi connectivity index (χ3v) is 3.45. The molecule has 0 saturated carbocycles. The molecule has 0 bridgehead atoms. The normalized spacial score (nSPS) is 9.92. The van der Waals surface area contributed by atoms with E-state index < -0.39 is 11.9 Å². The van der Waals surface area contributed by atoms with Gasteiger partial charge in [-0.15, -0.1) is 0 Å². The highest BCUT2D eigenvalue weighted by Crippen LogP contribution is 2.30. The van der Waals surface area contributed by atoms with Gasteiger partial charge < -0.3 is 9.47 Å². The van der Waals surface area contributed by atoms with Crippen molar-refractivity contribution in [1.82, 2.24) is 0 Å². The van der Waals surface area contributed by atoms with Crippen molar-refractivity contribution in [3.63, 3.8) is 0 Å². The zero-order valence-electron chi connectivity index (χ0n) is 12.9. The van der Waals surface area contributed by atoms with E-state index in [4.69, 9.17) is 55.9 Å². The van der Waals surface area contributed by atoms with E-state index in [9.17, 15) is 9.59 Å². The minimum atomic E-state index is -0.478. The molecule has 0 aliphatic carbocycles. The molecule has 24 heavy (non-hydrogen) atoms. The summed E-state index contributed by atoms with van der Waals surface area (Å²) in [6.07, 6.45) is 0.342. The zero-order valence-corrected chi connectivity index (χ0v) is 15.9. The third-order valence-electron chi connectivity index (χ3n) is 2.76. The number of carbonyl (C=O) groups is 2. The van der Waals surface area contributed by atoms with E-state index in [0.717, 1.165) is 0 Å². The molecule has 0 spiro atoms. The highest BCUT2D eigenvalue weighted by atomic mass is 35.5. The van der Waals surface area contributed by atoms with E-state index in [1.54, 1.807) is 38.1 Å². The molecule has 0 fully saturated rings. The summed E-state index contributed by atoms with van der Waals surface area (Å²) < 4.78 is 9.83. The summed E-state index contributed by atoms with van der Waals surface area (Å²) in [7, 11) is 0. The monoisotopic (exact) mass is 410 g/mol. The quantitative estimate of drug-likeness (QED) is 0.438. The van der Waals surface area contributed by atoms with Crippen molar-refractivity contribution >= 4 is 69.9 Å². The maximum absolute atomic E-state index is 11.4. The lowest BCUT2D eigenvalue weighted by Crippen LogP contribution is -2.04. The standard InChI is InChI=1S/C16H14Cl4O4/c1-3-11(21)23-13(15(17)18)9-5-7-10(8-6-9)14(16(19)20)24-12(22)4-2/h5-8H,3-4H2,1-2H3. The summed E-state index contributed by atoms with van der Waals surface area (Å²) in [5, 5.41) is 0. The Morgan fingerprint density at radius 3 is 1.25 bits per heavy atom. The third kappa shape index (κ3) is 6.02. The highest BCUT2D eigenvalue weighted by Gasteiger charge is 2.15. The largest absolute Gasteiger partial charge is 0.423 e. The van der Waals surface area contributed by atoms with Crippen molar-refractivity contribution in [2.24, 2.45) is 0 Å². The first-order chi connectivity index (χ1) is 11.3.